The van der Waals surface area contributed by atoms with Crippen LogP contribution in [0.1, 0.15) is 119 Å². The molecule has 0 aromatic heterocycles. The van der Waals surface area contributed by atoms with Crippen molar-refractivity contribution in [2.75, 3.05) is 0 Å². The summed E-state index contributed by atoms with van der Waals surface area (Å²) in [5, 5.41) is 34.6. The Morgan fingerprint density at radius 3 is 0.950 bits per heavy atom. The summed E-state index contributed by atoms with van der Waals surface area (Å²) in [7, 11) is 0. The van der Waals surface area contributed by atoms with E-state index in [1.165, 1.54) is 0 Å². The maximum absolute atomic E-state index is 10.9. The number of rotatable bonds is 4. The minimum absolute atomic E-state index is 0.0127. The van der Waals surface area contributed by atoms with Gasteiger partial charge in [0.2, 0.25) is 11.8 Å². The quantitative estimate of drug-likeness (QED) is 0.333. The molecule has 0 heterocycles. The van der Waals surface area contributed by atoms with E-state index in [4.69, 9.17) is 32.2 Å². The van der Waals surface area contributed by atoms with E-state index in [9.17, 15) is 19.2 Å². The molecule has 0 radical (unpaired) electrons. The molecule has 0 aromatic carbocycles. The summed E-state index contributed by atoms with van der Waals surface area (Å²) in [6.45, 7) is 12.0. The van der Waals surface area contributed by atoms with Crippen LogP contribution in [0.5, 0.6) is 0 Å². The van der Waals surface area contributed by atoms with Crippen LogP contribution in [-0.4, -0.2) is 34.0 Å². The maximum Gasteiger partial charge on any atom is 0.307 e. The lowest BCUT2D eigenvalue weighted by molar-refractivity contribution is -0.155. The molecule has 2 amide bonds. The zero-order valence-electron chi connectivity index (χ0n) is 25.5. The van der Waals surface area contributed by atoms with Crippen LogP contribution in [0.25, 0.3) is 0 Å². The van der Waals surface area contributed by atoms with Gasteiger partial charge in [-0.1, -0.05) is 80.1 Å². The van der Waals surface area contributed by atoms with E-state index in [-0.39, 0.29) is 23.7 Å². The van der Waals surface area contributed by atoms with Gasteiger partial charge in [0, 0.05) is 11.8 Å². The van der Waals surface area contributed by atoms with Gasteiger partial charge in [0.15, 0.2) is 0 Å². The number of nitrogens with zero attached hydrogens (tertiary/aromatic N) is 2. The minimum atomic E-state index is -0.970. The highest BCUT2D eigenvalue weighted by molar-refractivity contribution is 5.86. The molecule has 0 aliphatic heterocycles. The number of carboxylic acids is 2. The summed E-state index contributed by atoms with van der Waals surface area (Å²) in [6, 6.07) is 4.36. The van der Waals surface area contributed by atoms with Gasteiger partial charge >= 0.3 is 11.9 Å². The van der Waals surface area contributed by atoms with Gasteiger partial charge in [0.05, 0.1) is 35.8 Å². The van der Waals surface area contributed by atoms with Crippen LogP contribution in [0.4, 0.5) is 0 Å². The first-order chi connectivity index (χ1) is 19.1. The molecular weight excluding hydrogens is 512 g/mol. The number of carbonyl (C=O) groups excluding carboxylic acids is 2. The van der Waals surface area contributed by atoms with E-state index in [1.807, 2.05) is 41.5 Å². The number of primary amides is 2. The average molecular weight is 567 g/mol. The number of amides is 2. The number of aliphatic carboxylic acids is 2. The number of hydrogen-bond acceptors (Lipinski definition) is 6. The van der Waals surface area contributed by atoms with Crippen molar-refractivity contribution in [1.29, 1.82) is 10.5 Å². The molecule has 3 aliphatic carbocycles. The Morgan fingerprint density at radius 1 is 0.525 bits per heavy atom. The number of nitrogens with two attached hydrogens (primary N) is 2. The molecule has 6 N–H and O–H groups in total. The molecule has 230 valence electrons. The lowest BCUT2D eigenvalue weighted by atomic mass is 9.78. The third-order valence-corrected chi connectivity index (χ3v) is 6.99. The van der Waals surface area contributed by atoms with Crippen LogP contribution in [0.3, 0.4) is 0 Å². The van der Waals surface area contributed by atoms with Gasteiger partial charge in [0.1, 0.15) is 0 Å². The zero-order valence-corrected chi connectivity index (χ0v) is 25.5. The van der Waals surface area contributed by atoms with Crippen molar-refractivity contribution in [2.24, 2.45) is 47.0 Å². The Kier molecular flexibility index (Phi) is 27.0. The normalized spacial score (nSPS) is 26.3. The summed E-state index contributed by atoms with van der Waals surface area (Å²) >= 11 is 0. The van der Waals surface area contributed by atoms with Gasteiger partial charge in [-0.15, -0.1) is 0 Å². The van der Waals surface area contributed by atoms with Crippen LogP contribution in [-0.2, 0) is 19.2 Å². The van der Waals surface area contributed by atoms with Crippen LogP contribution in [0.15, 0.2) is 0 Å². The third-order valence-electron chi connectivity index (χ3n) is 6.99. The van der Waals surface area contributed by atoms with Crippen molar-refractivity contribution in [2.45, 2.75) is 119 Å². The fraction of sp³-hybridized carbons (Fsp3) is 0.800. The fourth-order valence-electron chi connectivity index (χ4n) is 4.97. The Bertz CT molecular complexity index is 695. The SMILES string of the molecule is CC.CC.CC.N#CC1CCCC[C@@H]1C#N.NC(=O)C1CCCC[C@@H]1C(N)=O.O=C(O)C1CCCC[C@@H]1C(=O)O. The second kappa shape index (κ2) is 26.1. The Balaban J connectivity index is -0.000000470. The van der Waals surface area contributed by atoms with Crippen molar-refractivity contribution in [3.8, 4) is 12.1 Å². The molecule has 0 saturated heterocycles. The summed E-state index contributed by atoms with van der Waals surface area (Å²) in [4.78, 5) is 43.0. The number of nitriles is 2. The van der Waals surface area contributed by atoms with E-state index in [1.54, 1.807) is 0 Å². The van der Waals surface area contributed by atoms with Crippen LogP contribution < -0.4 is 11.5 Å². The smallest absolute Gasteiger partial charge is 0.307 e. The summed E-state index contributed by atoms with van der Waals surface area (Å²) < 4.78 is 0. The Morgan fingerprint density at radius 2 is 0.750 bits per heavy atom. The maximum atomic E-state index is 10.9. The molecule has 0 spiro atoms. The monoisotopic (exact) mass is 566 g/mol. The van der Waals surface area contributed by atoms with Gasteiger partial charge in [-0.2, -0.15) is 10.5 Å². The van der Waals surface area contributed by atoms with Crippen LogP contribution >= 0.6 is 0 Å². The molecule has 10 nitrogen and oxygen atoms in total. The van der Waals surface area contributed by atoms with Crippen molar-refractivity contribution in [3.05, 3.63) is 0 Å². The van der Waals surface area contributed by atoms with Crippen molar-refractivity contribution >= 4 is 23.8 Å². The third kappa shape index (κ3) is 16.1. The predicted octanol–water partition coefficient (Wildman–Crippen LogP) is 5.64. The molecule has 0 aromatic rings. The van der Waals surface area contributed by atoms with Gasteiger partial charge < -0.3 is 21.7 Å². The van der Waals surface area contributed by atoms with E-state index < -0.39 is 35.6 Å². The van der Waals surface area contributed by atoms with Crippen LogP contribution in [0, 0.1) is 58.2 Å². The van der Waals surface area contributed by atoms with Crippen molar-refractivity contribution < 1.29 is 29.4 Å². The molecule has 3 fully saturated rings. The molecule has 3 unspecified atom stereocenters. The predicted molar refractivity (Wildman–Crippen MR) is 155 cm³/mol. The zero-order chi connectivity index (χ0) is 31.7. The highest BCUT2D eigenvalue weighted by Gasteiger charge is 2.35. The first-order valence-corrected chi connectivity index (χ1v) is 15.0. The fourth-order valence-corrected chi connectivity index (χ4v) is 4.97. The lowest BCUT2D eigenvalue weighted by Gasteiger charge is -2.26. The summed E-state index contributed by atoms with van der Waals surface area (Å²) in [5.74, 6) is -4.68. The van der Waals surface area contributed by atoms with E-state index in [0.29, 0.717) is 25.7 Å². The largest absolute Gasteiger partial charge is 0.481 e. The van der Waals surface area contributed by atoms with E-state index in [2.05, 4.69) is 12.1 Å². The molecule has 3 rings (SSSR count). The Hall–Kier alpha value is -3.14. The van der Waals surface area contributed by atoms with Crippen LogP contribution in [0.2, 0.25) is 0 Å². The second-order valence-electron chi connectivity index (χ2n) is 9.23. The molecule has 10 heteroatoms. The topological polar surface area (TPSA) is 208 Å². The highest BCUT2D eigenvalue weighted by atomic mass is 16.4. The van der Waals surface area contributed by atoms with Crippen molar-refractivity contribution in [3.63, 3.8) is 0 Å². The second-order valence-corrected chi connectivity index (χ2v) is 9.23. The lowest BCUT2D eigenvalue weighted by Crippen LogP contribution is -2.39. The Labute approximate surface area is 241 Å². The van der Waals surface area contributed by atoms with Gasteiger partial charge in [-0.05, 0) is 38.5 Å². The molecule has 40 heavy (non-hydrogen) atoms. The van der Waals surface area contributed by atoms with Gasteiger partial charge in [-0.3, -0.25) is 19.2 Å². The first kappa shape index (κ1) is 41.3. The number of carbonyl (C=O) groups is 4. The van der Waals surface area contributed by atoms with Crippen molar-refractivity contribution in [1.82, 2.24) is 0 Å². The molecular formula is C30H54N4O6. The summed E-state index contributed by atoms with van der Waals surface area (Å²) in [6.07, 6.45) is 10.1. The molecule has 6 atom stereocenters. The summed E-state index contributed by atoms with van der Waals surface area (Å²) in [5.41, 5.74) is 10.3. The van der Waals surface area contributed by atoms with Gasteiger partial charge in [0.25, 0.3) is 0 Å². The van der Waals surface area contributed by atoms with E-state index in [0.717, 1.165) is 51.4 Å². The number of carboxylic acid groups (broad SMARTS) is 2. The standard InChI is InChI=1S/C8H14N2O2.C8H10N2.C8H12O4.3C2H6/c9-7(11)5-3-1-2-4-6(5)8(10)12;9-5-7-3-1-2-4-8(7)6-10;9-7(10)5-3-1-2-4-6(5)8(11)12;3*1-2/h5-6H,1-4H2,(H2,9,11)(H2,10,12);7-8H,1-4H2;5-6H,1-4H2,(H,9,10)(H,11,12);3*1-2H3/t5-,6?;7-,8?;5-,6?;;;/m010.../s1. The highest BCUT2D eigenvalue weighted by Crippen LogP contribution is 2.31. The first-order valence-electron chi connectivity index (χ1n) is 15.0. The molecule has 3 aliphatic rings. The minimum Gasteiger partial charge on any atom is -0.481 e. The molecule has 0 bridgehead atoms. The number of hydrogen-bond donors (Lipinski definition) is 4. The van der Waals surface area contributed by atoms with Gasteiger partial charge in [-0.25, -0.2) is 0 Å². The molecule has 3 saturated carbocycles. The average Bonchev–Trinajstić information content (AvgIpc) is 3.00. The van der Waals surface area contributed by atoms with E-state index >= 15 is 0 Å².